The fraction of sp³-hybridized carbons (Fsp3) is 0.280. The van der Waals surface area contributed by atoms with Crippen molar-refractivity contribution in [2.45, 2.75) is 45.4 Å². The van der Waals surface area contributed by atoms with Crippen LogP contribution in [0.5, 0.6) is 5.75 Å². The van der Waals surface area contributed by atoms with Crippen LogP contribution in [0.1, 0.15) is 47.3 Å². The number of anilines is 1. The van der Waals surface area contributed by atoms with E-state index < -0.39 is 0 Å². The maximum atomic E-state index is 12.2. The lowest BCUT2D eigenvalue weighted by Gasteiger charge is -2.32. The zero-order valence-electron chi connectivity index (χ0n) is 17.4. The molecule has 1 aliphatic rings. The molecule has 0 unspecified atom stereocenters. The monoisotopic (exact) mass is 401 g/mol. The van der Waals surface area contributed by atoms with Crippen LogP contribution in [-0.2, 0) is 19.5 Å². The van der Waals surface area contributed by atoms with Gasteiger partial charge in [0.2, 0.25) is 0 Å². The lowest BCUT2D eigenvalue weighted by molar-refractivity contribution is 0.0846. The fourth-order valence-electron chi connectivity index (χ4n) is 3.59. The summed E-state index contributed by atoms with van der Waals surface area (Å²) in [6, 6.07) is 17.8. The first-order valence-corrected chi connectivity index (χ1v) is 10.3. The molecule has 2 N–H and O–H groups in total. The van der Waals surface area contributed by atoms with Crippen molar-refractivity contribution in [1.29, 1.82) is 0 Å². The van der Waals surface area contributed by atoms with E-state index in [4.69, 9.17) is 4.74 Å². The van der Waals surface area contributed by atoms with Gasteiger partial charge in [-0.05, 0) is 73.7 Å². The number of nitrogens with one attached hydrogen (secondary N) is 2. The maximum Gasteiger partial charge on any atom is 0.255 e. The predicted octanol–water partition coefficient (Wildman–Crippen LogP) is 4.73. The lowest BCUT2D eigenvalue weighted by Crippen LogP contribution is -2.32. The summed E-state index contributed by atoms with van der Waals surface area (Å²) in [5.74, 6) is 0.877. The standard InChI is InChI=1S/C25H27N3O2/c1-25(2)12-9-21-15-19(5-8-23(21)30-25)17-27-16-18-3-6-22(7-4-18)28-24(29)20-10-13-26-14-11-20/h3-8,10-11,13-15,27H,9,12,16-17H2,1-2H3,(H,28,29). The van der Waals surface area contributed by atoms with Gasteiger partial charge in [0.25, 0.3) is 5.91 Å². The van der Waals surface area contributed by atoms with Gasteiger partial charge in [0.05, 0.1) is 0 Å². The average Bonchev–Trinajstić information content (AvgIpc) is 2.75. The Bertz CT molecular complexity index is 1010. The van der Waals surface area contributed by atoms with Gasteiger partial charge in [-0.2, -0.15) is 0 Å². The van der Waals surface area contributed by atoms with Crippen molar-refractivity contribution in [2.24, 2.45) is 0 Å². The SMILES string of the molecule is CC1(C)CCc2cc(CNCc3ccc(NC(=O)c4ccncc4)cc3)ccc2O1. The smallest absolute Gasteiger partial charge is 0.255 e. The molecule has 0 radical (unpaired) electrons. The van der Waals surface area contributed by atoms with E-state index in [-0.39, 0.29) is 11.5 Å². The number of ether oxygens (including phenoxy) is 1. The summed E-state index contributed by atoms with van der Waals surface area (Å²) in [5.41, 5.74) is 5.02. The summed E-state index contributed by atoms with van der Waals surface area (Å²) >= 11 is 0. The van der Waals surface area contributed by atoms with Crippen molar-refractivity contribution >= 4 is 11.6 Å². The molecule has 0 aliphatic carbocycles. The average molecular weight is 402 g/mol. The minimum Gasteiger partial charge on any atom is -0.488 e. The molecule has 0 atom stereocenters. The number of nitrogens with zero attached hydrogens (tertiary/aromatic N) is 1. The van der Waals surface area contributed by atoms with Gasteiger partial charge in [-0.15, -0.1) is 0 Å². The minimum absolute atomic E-state index is 0.0727. The van der Waals surface area contributed by atoms with Crippen molar-refractivity contribution in [2.75, 3.05) is 5.32 Å². The molecule has 0 fully saturated rings. The molecule has 1 amide bonds. The van der Waals surface area contributed by atoms with Crippen LogP contribution in [0.2, 0.25) is 0 Å². The van der Waals surface area contributed by atoms with Gasteiger partial charge >= 0.3 is 0 Å². The van der Waals surface area contributed by atoms with Gasteiger partial charge < -0.3 is 15.4 Å². The molecule has 30 heavy (non-hydrogen) atoms. The third-order valence-corrected chi connectivity index (χ3v) is 5.32. The molecule has 3 aromatic rings. The van der Waals surface area contributed by atoms with E-state index in [1.165, 1.54) is 16.7 Å². The van der Waals surface area contributed by atoms with Crippen LogP contribution < -0.4 is 15.4 Å². The molecule has 154 valence electrons. The fourth-order valence-corrected chi connectivity index (χ4v) is 3.59. The Balaban J connectivity index is 1.28. The number of aryl methyl sites for hydroxylation is 1. The predicted molar refractivity (Wildman–Crippen MR) is 119 cm³/mol. The number of hydrogen-bond acceptors (Lipinski definition) is 4. The Hall–Kier alpha value is -3.18. The molecule has 4 rings (SSSR count). The number of pyridine rings is 1. The topological polar surface area (TPSA) is 63.2 Å². The summed E-state index contributed by atoms with van der Waals surface area (Å²) < 4.78 is 6.06. The normalized spacial score (nSPS) is 14.5. The quantitative estimate of drug-likeness (QED) is 0.627. The van der Waals surface area contributed by atoms with Crippen LogP contribution in [0.4, 0.5) is 5.69 Å². The van der Waals surface area contributed by atoms with Crippen LogP contribution in [-0.4, -0.2) is 16.5 Å². The van der Waals surface area contributed by atoms with Crippen molar-refractivity contribution in [1.82, 2.24) is 10.3 Å². The van der Waals surface area contributed by atoms with Crippen LogP contribution in [0.15, 0.2) is 67.0 Å². The second-order valence-electron chi connectivity index (χ2n) is 8.29. The van der Waals surface area contributed by atoms with Gasteiger partial charge in [0, 0.05) is 36.7 Å². The highest BCUT2D eigenvalue weighted by atomic mass is 16.5. The molecule has 1 aliphatic heterocycles. The molecule has 5 nitrogen and oxygen atoms in total. The van der Waals surface area contributed by atoms with Gasteiger partial charge in [0.1, 0.15) is 11.4 Å². The summed E-state index contributed by atoms with van der Waals surface area (Å²) in [5, 5.41) is 6.40. The third-order valence-electron chi connectivity index (χ3n) is 5.32. The minimum atomic E-state index is -0.136. The van der Waals surface area contributed by atoms with E-state index in [1.807, 2.05) is 24.3 Å². The highest BCUT2D eigenvalue weighted by Crippen LogP contribution is 2.33. The molecule has 0 spiro atoms. The molecule has 5 heteroatoms. The van der Waals surface area contributed by atoms with Crippen LogP contribution >= 0.6 is 0 Å². The number of amides is 1. The summed E-state index contributed by atoms with van der Waals surface area (Å²) in [6.45, 7) is 5.85. The second kappa shape index (κ2) is 8.67. The number of hydrogen-bond donors (Lipinski definition) is 2. The number of fused-ring (bicyclic) bond motifs is 1. The van der Waals surface area contributed by atoms with Gasteiger partial charge in [-0.25, -0.2) is 0 Å². The van der Waals surface area contributed by atoms with E-state index in [9.17, 15) is 4.79 Å². The second-order valence-corrected chi connectivity index (χ2v) is 8.29. The van der Waals surface area contributed by atoms with Crippen molar-refractivity contribution in [3.63, 3.8) is 0 Å². The van der Waals surface area contributed by atoms with E-state index in [1.54, 1.807) is 24.5 Å². The van der Waals surface area contributed by atoms with Gasteiger partial charge in [0.15, 0.2) is 0 Å². The Morgan fingerprint density at radius 3 is 2.47 bits per heavy atom. The number of aromatic nitrogens is 1. The molecular formula is C25H27N3O2. The third kappa shape index (κ3) is 5.05. The first-order valence-electron chi connectivity index (χ1n) is 10.3. The molecule has 2 heterocycles. The highest BCUT2D eigenvalue weighted by Gasteiger charge is 2.26. The Morgan fingerprint density at radius 2 is 1.70 bits per heavy atom. The Kier molecular flexibility index (Phi) is 5.81. The number of carbonyl (C=O) groups is 1. The van der Waals surface area contributed by atoms with Crippen molar-refractivity contribution in [3.05, 3.63) is 89.2 Å². The summed E-state index contributed by atoms with van der Waals surface area (Å²) in [4.78, 5) is 16.1. The summed E-state index contributed by atoms with van der Waals surface area (Å²) in [6.07, 6.45) is 5.32. The van der Waals surface area contributed by atoms with Crippen LogP contribution in [0, 0.1) is 0 Å². The number of benzene rings is 2. The number of carbonyl (C=O) groups excluding carboxylic acids is 1. The lowest BCUT2D eigenvalue weighted by atomic mass is 9.93. The maximum absolute atomic E-state index is 12.2. The van der Waals surface area contributed by atoms with E-state index >= 15 is 0 Å². The Morgan fingerprint density at radius 1 is 1.00 bits per heavy atom. The summed E-state index contributed by atoms with van der Waals surface area (Å²) in [7, 11) is 0. The molecule has 2 aromatic carbocycles. The number of rotatable bonds is 6. The zero-order chi connectivity index (χ0) is 21.0. The largest absolute Gasteiger partial charge is 0.488 e. The van der Waals surface area contributed by atoms with Crippen molar-refractivity contribution < 1.29 is 9.53 Å². The van der Waals surface area contributed by atoms with Gasteiger partial charge in [-0.1, -0.05) is 24.3 Å². The zero-order valence-corrected chi connectivity index (χ0v) is 17.4. The van der Waals surface area contributed by atoms with Crippen LogP contribution in [0.3, 0.4) is 0 Å². The van der Waals surface area contributed by atoms with E-state index in [2.05, 4.69) is 47.7 Å². The first-order chi connectivity index (χ1) is 14.5. The molecular weight excluding hydrogens is 374 g/mol. The van der Waals surface area contributed by atoms with Crippen LogP contribution in [0.25, 0.3) is 0 Å². The van der Waals surface area contributed by atoms with E-state index in [0.29, 0.717) is 5.56 Å². The molecule has 0 bridgehead atoms. The highest BCUT2D eigenvalue weighted by molar-refractivity contribution is 6.04. The van der Waals surface area contributed by atoms with Gasteiger partial charge in [-0.3, -0.25) is 9.78 Å². The Labute approximate surface area is 177 Å². The first kappa shape index (κ1) is 20.1. The van der Waals surface area contributed by atoms with E-state index in [0.717, 1.165) is 37.4 Å². The van der Waals surface area contributed by atoms with Crippen molar-refractivity contribution in [3.8, 4) is 5.75 Å². The molecule has 0 saturated heterocycles. The molecule has 0 saturated carbocycles. The molecule has 1 aromatic heterocycles.